The van der Waals surface area contributed by atoms with Crippen molar-refractivity contribution >= 4 is 16.7 Å². The van der Waals surface area contributed by atoms with Crippen LogP contribution in [0.25, 0.3) is 22.5 Å². The number of allylic oxidation sites excluding steroid dienone is 3. The van der Waals surface area contributed by atoms with Crippen molar-refractivity contribution in [3.05, 3.63) is 75.5 Å². The molecule has 4 heterocycles. The van der Waals surface area contributed by atoms with Gasteiger partial charge in [-0.1, -0.05) is 0 Å². The molecule has 1 aliphatic heterocycles. The number of nitrogens with one attached hydrogen (secondary N) is 1. The second-order valence-corrected chi connectivity index (χ2v) is 7.43. The van der Waals surface area contributed by atoms with E-state index in [0.717, 1.165) is 37.0 Å². The molecule has 31 heavy (non-hydrogen) atoms. The van der Waals surface area contributed by atoms with Crippen LogP contribution in [-0.4, -0.2) is 34.4 Å². The molecule has 0 bridgehead atoms. The van der Waals surface area contributed by atoms with E-state index in [1.54, 1.807) is 29.8 Å². The maximum absolute atomic E-state index is 12.7. The van der Waals surface area contributed by atoms with Gasteiger partial charge in [-0.05, 0) is 55.8 Å². The van der Waals surface area contributed by atoms with Gasteiger partial charge in [0.2, 0.25) is 0 Å². The average molecular weight is 425 g/mol. The molecule has 0 saturated heterocycles. The highest BCUT2D eigenvalue weighted by atomic mass is 19.1. The van der Waals surface area contributed by atoms with Crippen LogP contribution >= 0.6 is 0 Å². The Balaban J connectivity index is 0.00000132. The topological polar surface area (TPSA) is 104 Å². The predicted molar refractivity (Wildman–Crippen MR) is 124 cm³/mol. The molecule has 7 nitrogen and oxygen atoms in total. The molecule has 1 aliphatic rings. The summed E-state index contributed by atoms with van der Waals surface area (Å²) in [4.78, 5) is 17.5. The van der Waals surface area contributed by atoms with Gasteiger partial charge in [-0.2, -0.15) is 0 Å². The van der Waals surface area contributed by atoms with Crippen LogP contribution in [0.4, 0.5) is 4.39 Å². The summed E-state index contributed by atoms with van der Waals surface area (Å²) in [6.45, 7) is 3.73. The monoisotopic (exact) mass is 424 g/mol. The van der Waals surface area contributed by atoms with Crippen molar-refractivity contribution in [2.75, 3.05) is 20.3 Å². The number of rotatable bonds is 3. The molecule has 0 unspecified atom stereocenters. The van der Waals surface area contributed by atoms with E-state index in [1.807, 2.05) is 19.2 Å². The Labute approximate surface area is 180 Å². The first-order chi connectivity index (χ1) is 15.0. The summed E-state index contributed by atoms with van der Waals surface area (Å²) < 4.78 is 13.2. The molecule has 3 aromatic heterocycles. The lowest BCUT2D eigenvalue weighted by molar-refractivity contribution is 0.636. The van der Waals surface area contributed by atoms with Gasteiger partial charge >= 0.3 is 0 Å². The Hall–Kier alpha value is -3.39. The van der Waals surface area contributed by atoms with Gasteiger partial charge in [0, 0.05) is 60.3 Å². The summed E-state index contributed by atoms with van der Waals surface area (Å²) in [6.07, 6.45) is 7.10. The molecule has 4 rings (SSSR count). The molecule has 0 amide bonds. The number of hydrogen-bond acceptors (Lipinski definition) is 5. The fourth-order valence-corrected chi connectivity index (χ4v) is 3.86. The van der Waals surface area contributed by atoms with Gasteiger partial charge in [-0.25, -0.2) is 4.98 Å². The summed E-state index contributed by atoms with van der Waals surface area (Å²) >= 11 is 0. The van der Waals surface area contributed by atoms with E-state index < -0.39 is 0 Å². The molecule has 0 fully saturated rings. The zero-order chi connectivity index (χ0) is 22.5. The number of aryl methyl sites for hydroxylation is 1. The number of alkyl halides is 1. The number of pyridine rings is 2. The van der Waals surface area contributed by atoms with E-state index in [0.29, 0.717) is 30.0 Å². The summed E-state index contributed by atoms with van der Waals surface area (Å²) in [7, 11) is 2.55. The molecular weight excluding hydrogens is 395 g/mol. The van der Waals surface area contributed by atoms with Crippen LogP contribution in [0, 0.1) is 0 Å². The minimum absolute atomic E-state index is 0.181. The zero-order valence-corrected chi connectivity index (χ0v) is 18.2. The van der Waals surface area contributed by atoms with Crippen molar-refractivity contribution in [2.24, 2.45) is 18.5 Å². The highest BCUT2D eigenvalue weighted by Gasteiger charge is 2.18. The molecule has 0 aliphatic carbocycles. The Kier molecular flexibility index (Phi) is 6.91. The minimum atomic E-state index is -0.181. The molecular formula is C23H29FN6O. The Morgan fingerprint density at radius 2 is 1.90 bits per heavy atom. The van der Waals surface area contributed by atoms with Crippen LogP contribution in [0.3, 0.4) is 0 Å². The molecule has 3 aromatic rings. The fourth-order valence-electron chi connectivity index (χ4n) is 3.86. The van der Waals surface area contributed by atoms with Crippen LogP contribution in [0.5, 0.6) is 0 Å². The summed E-state index contributed by atoms with van der Waals surface area (Å²) in [5.74, 6) is 0.600. The van der Waals surface area contributed by atoms with Crippen LogP contribution in [-0.2, 0) is 19.9 Å². The van der Waals surface area contributed by atoms with Gasteiger partial charge in [0.15, 0.2) is 0 Å². The number of nitrogens with two attached hydrogens (primary N) is 2. The van der Waals surface area contributed by atoms with Gasteiger partial charge in [-0.3, -0.25) is 13.8 Å². The van der Waals surface area contributed by atoms with E-state index in [2.05, 4.69) is 16.0 Å². The zero-order valence-electron chi connectivity index (χ0n) is 18.2. The highest BCUT2D eigenvalue weighted by molar-refractivity contribution is 5.83. The van der Waals surface area contributed by atoms with E-state index in [-0.39, 0.29) is 5.56 Å². The number of fused-ring (bicyclic) bond motifs is 3. The van der Waals surface area contributed by atoms with Crippen molar-refractivity contribution in [2.45, 2.75) is 19.8 Å². The summed E-state index contributed by atoms with van der Waals surface area (Å²) in [5.41, 5.74) is 16.9. The number of hydrogen-bond donors (Lipinski definition) is 3. The molecule has 0 saturated carbocycles. The lowest BCUT2D eigenvalue weighted by Crippen LogP contribution is -2.19. The molecule has 0 aromatic carbocycles. The number of aromatic nitrogens is 3. The average Bonchev–Trinajstić information content (AvgIpc) is 2.92. The Morgan fingerprint density at radius 1 is 1.16 bits per heavy atom. The van der Waals surface area contributed by atoms with Crippen molar-refractivity contribution in [3.63, 3.8) is 0 Å². The molecule has 0 radical (unpaired) electrons. The number of nitrogens with zero attached hydrogens (tertiary/aromatic N) is 3. The van der Waals surface area contributed by atoms with Crippen LogP contribution in [0.15, 0.2) is 53.1 Å². The predicted octanol–water partition coefficient (Wildman–Crippen LogP) is 2.16. The minimum Gasteiger partial charge on any atom is -0.402 e. The van der Waals surface area contributed by atoms with Gasteiger partial charge in [0.1, 0.15) is 11.5 Å². The van der Waals surface area contributed by atoms with Crippen molar-refractivity contribution in [3.8, 4) is 5.82 Å². The first kappa shape index (κ1) is 22.3. The van der Waals surface area contributed by atoms with E-state index >= 15 is 0 Å². The highest BCUT2D eigenvalue weighted by Crippen LogP contribution is 2.27. The van der Waals surface area contributed by atoms with Crippen molar-refractivity contribution in [1.82, 2.24) is 19.4 Å². The summed E-state index contributed by atoms with van der Waals surface area (Å²) in [6, 6.07) is 7.31. The smallest absolute Gasteiger partial charge is 0.256 e. The normalized spacial score (nSPS) is 14.6. The second-order valence-electron chi connectivity index (χ2n) is 7.43. The fraction of sp³-hybridized carbons (Fsp3) is 0.304. The van der Waals surface area contributed by atoms with Gasteiger partial charge < -0.3 is 21.4 Å². The molecule has 8 heteroatoms. The SMILES string of the molecule is C/C(N)=C/C=C(\N)c1ccn(-c2ccc3c4c(n(C)c3n2)CCNCC4)c(=O)c1.CF. The van der Waals surface area contributed by atoms with Crippen molar-refractivity contribution in [1.29, 1.82) is 0 Å². The standard InChI is InChI=1S/C22H26N6O.CH3F/c1-14(23)3-5-18(24)15-9-12-28(21(29)13-15)20-6-4-17-16-7-10-25-11-8-19(16)27(2)22(17)26-20;1-2/h3-6,9,12-13,25H,7-8,10-11,23-24H2,1-2H3;1H3/b14-3-,18-5-;. The van der Waals surface area contributed by atoms with Crippen LogP contribution < -0.4 is 22.3 Å². The number of halogens is 1. The third-order valence-electron chi connectivity index (χ3n) is 5.37. The maximum Gasteiger partial charge on any atom is 0.256 e. The van der Waals surface area contributed by atoms with Gasteiger partial charge in [-0.15, -0.1) is 0 Å². The first-order valence-corrected chi connectivity index (χ1v) is 10.1. The lowest BCUT2D eigenvalue weighted by atomic mass is 10.1. The maximum atomic E-state index is 12.7. The first-order valence-electron chi connectivity index (χ1n) is 10.1. The van der Waals surface area contributed by atoms with E-state index in [9.17, 15) is 9.18 Å². The third kappa shape index (κ3) is 4.54. The van der Waals surface area contributed by atoms with Gasteiger partial charge in [0.05, 0.1) is 7.18 Å². The largest absolute Gasteiger partial charge is 0.402 e. The third-order valence-corrected chi connectivity index (χ3v) is 5.37. The molecule has 5 N–H and O–H groups in total. The summed E-state index contributed by atoms with van der Waals surface area (Å²) in [5, 5.41) is 4.60. The molecule has 164 valence electrons. The molecule has 0 spiro atoms. The van der Waals surface area contributed by atoms with Crippen LogP contribution in [0.2, 0.25) is 0 Å². The quantitative estimate of drug-likeness (QED) is 0.559. The Bertz CT molecular complexity index is 1200. The van der Waals surface area contributed by atoms with Gasteiger partial charge in [0.25, 0.3) is 5.56 Å². The lowest BCUT2D eigenvalue weighted by Gasteiger charge is -2.08. The Morgan fingerprint density at radius 3 is 2.61 bits per heavy atom. The van der Waals surface area contributed by atoms with E-state index in [4.69, 9.17) is 16.5 Å². The van der Waals surface area contributed by atoms with Crippen molar-refractivity contribution < 1.29 is 4.39 Å². The molecule has 0 atom stereocenters. The van der Waals surface area contributed by atoms with Crippen LogP contribution in [0.1, 0.15) is 23.7 Å². The second kappa shape index (κ2) is 9.61. The van der Waals surface area contributed by atoms with E-state index in [1.165, 1.54) is 17.3 Å².